The van der Waals surface area contributed by atoms with Gasteiger partial charge in [-0.2, -0.15) is 0 Å². The van der Waals surface area contributed by atoms with E-state index in [2.05, 4.69) is 40.3 Å². The Morgan fingerprint density at radius 2 is 1.60 bits per heavy atom. The van der Waals surface area contributed by atoms with Crippen LogP contribution in [0.1, 0.15) is 56.2 Å². The van der Waals surface area contributed by atoms with Gasteiger partial charge in [0, 0.05) is 0 Å². The van der Waals surface area contributed by atoms with Crippen LogP contribution in [0, 0.1) is 0 Å². The minimum Gasteiger partial charge on any atom is -0.508 e. The molecule has 1 rings (SSSR count). The van der Waals surface area contributed by atoms with Gasteiger partial charge in [-0.15, -0.1) is 0 Å². The van der Waals surface area contributed by atoms with Crippen LogP contribution in [0.25, 0.3) is 6.08 Å². The van der Waals surface area contributed by atoms with Crippen molar-refractivity contribution in [3.05, 3.63) is 35.4 Å². The van der Waals surface area contributed by atoms with Crippen LogP contribution in [0.15, 0.2) is 18.7 Å². The first-order valence-electron chi connectivity index (χ1n) is 5.46. The summed E-state index contributed by atoms with van der Waals surface area (Å²) in [6.45, 7) is 12.3. The highest BCUT2D eigenvalue weighted by Gasteiger charge is 2.12. The summed E-state index contributed by atoms with van der Waals surface area (Å²) in [6, 6.07) is 3.92. The van der Waals surface area contributed by atoms with Crippen molar-refractivity contribution in [3.8, 4) is 5.75 Å². The largest absolute Gasteiger partial charge is 0.508 e. The van der Waals surface area contributed by atoms with Crippen LogP contribution in [-0.2, 0) is 0 Å². The summed E-state index contributed by atoms with van der Waals surface area (Å²) in [6.07, 6.45) is 1.80. The summed E-state index contributed by atoms with van der Waals surface area (Å²) < 4.78 is 0. The minimum absolute atomic E-state index is 0.348. The number of phenols is 1. The fraction of sp³-hybridized carbons (Fsp3) is 0.429. The predicted molar refractivity (Wildman–Crippen MR) is 66.4 cm³/mol. The van der Waals surface area contributed by atoms with Crippen LogP contribution in [0.5, 0.6) is 5.75 Å². The van der Waals surface area contributed by atoms with Gasteiger partial charge < -0.3 is 5.11 Å². The lowest BCUT2D eigenvalue weighted by Crippen LogP contribution is -1.97. The van der Waals surface area contributed by atoms with E-state index in [1.54, 1.807) is 6.08 Å². The average molecular weight is 204 g/mol. The average Bonchev–Trinajstić information content (AvgIpc) is 2.16. The first kappa shape index (κ1) is 11.8. The summed E-state index contributed by atoms with van der Waals surface area (Å²) in [5.41, 5.74) is 3.31. The third kappa shape index (κ3) is 2.41. The Labute approximate surface area is 92.5 Å². The van der Waals surface area contributed by atoms with Crippen molar-refractivity contribution in [2.24, 2.45) is 0 Å². The van der Waals surface area contributed by atoms with Gasteiger partial charge in [0.1, 0.15) is 5.75 Å². The van der Waals surface area contributed by atoms with Crippen molar-refractivity contribution >= 4 is 6.08 Å². The van der Waals surface area contributed by atoms with Crippen LogP contribution < -0.4 is 0 Å². The maximum atomic E-state index is 9.85. The summed E-state index contributed by atoms with van der Waals surface area (Å²) in [7, 11) is 0. The second-order valence-electron chi connectivity index (χ2n) is 4.55. The molecule has 0 amide bonds. The van der Waals surface area contributed by atoms with E-state index in [-0.39, 0.29) is 0 Å². The molecule has 0 saturated heterocycles. The summed E-state index contributed by atoms with van der Waals surface area (Å²) in [4.78, 5) is 0. The van der Waals surface area contributed by atoms with E-state index < -0.39 is 0 Å². The second kappa shape index (κ2) is 4.52. The molecule has 0 spiro atoms. The summed E-state index contributed by atoms with van der Waals surface area (Å²) >= 11 is 0. The standard InChI is InChI=1S/C14H20O/c1-6-11-7-14(15)13(10(4)5)8-12(11)9(2)3/h6-10,15H,1H2,2-5H3. The maximum Gasteiger partial charge on any atom is 0.119 e. The Hall–Kier alpha value is -1.24. The molecule has 1 aromatic rings. The lowest BCUT2D eigenvalue weighted by atomic mass is 9.91. The highest BCUT2D eigenvalue weighted by atomic mass is 16.3. The first-order valence-corrected chi connectivity index (χ1v) is 5.46. The molecule has 0 saturated carbocycles. The van der Waals surface area contributed by atoms with Gasteiger partial charge >= 0.3 is 0 Å². The monoisotopic (exact) mass is 204 g/mol. The molecule has 0 atom stereocenters. The number of aromatic hydroxyl groups is 1. The third-order valence-corrected chi connectivity index (χ3v) is 2.70. The van der Waals surface area contributed by atoms with E-state index in [0.29, 0.717) is 17.6 Å². The number of phenolic OH excluding ortho intramolecular Hbond substituents is 1. The molecule has 0 radical (unpaired) electrons. The second-order valence-corrected chi connectivity index (χ2v) is 4.55. The molecule has 1 aromatic carbocycles. The number of benzene rings is 1. The van der Waals surface area contributed by atoms with E-state index in [0.717, 1.165) is 11.1 Å². The molecular formula is C14H20O. The topological polar surface area (TPSA) is 20.2 Å². The Morgan fingerprint density at radius 3 is 2.00 bits per heavy atom. The van der Waals surface area contributed by atoms with Gasteiger partial charge in [0.15, 0.2) is 0 Å². The molecule has 0 heterocycles. The fourth-order valence-corrected chi connectivity index (χ4v) is 1.78. The van der Waals surface area contributed by atoms with Crippen molar-refractivity contribution in [2.45, 2.75) is 39.5 Å². The highest BCUT2D eigenvalue weighted by Crippen LogP contribution is 2.32. The lowest BCUT2D eigenvalue weighted by Gasteiger charge is -2.16. The Balaban J connectivity index is 3.36. The Morgan fingerprint density at radius 1 is 1.07 bits per heavy atom. The van der Waals surface area contributed by atoms with Crippen LogP contribution in [0.2, 0.25) is 0 Å². The number of hydrogen-bond donors (Lipinski definition) is 1. The van der Waals surface area contributed by atoms with Gasteiger partial charge in [0.05, 0.1) is 0 Å². The van der Waals surface area contributed by atoms with Gasteiger partial charge in [0.2, 0.25) is 0 Å². The summed E-state index contributed by atoms with van der Waals surface area (Å²) in [5, 5.41) is 9.85. The lowest BCUT2D eigenvalue weighted by molar-refractivity contribution is 0.464. The van der Waals surface area contributed by atoms with Crippen LogP contribution in [0.4, 0.5) is 0 Å². The van der Waals surface area contributed by atoms with Crippen LogP contribution in [-0.4, -0.2) is 5.11 Å². The van der Waals surface area contributed by atoms with E-state index in [1.807, 2.05) is 6.07 Å². The van der Waals surface area contributed by atoms with Crippen molar-refractivity contribution in [1.29, 1.82) is 0 Å². The van der Waals surface area contributed by atoms with E-state index in [4.69, 9.17) is 0 Å². The maximum absolute atomic E-state index is 9.85. The third-order valence-electron chi connectivity index (χ3n) is 2.70. The normalized spacial score (nSPS) is 11.1. The molecular weight excluding hydrogens is 184 g/mol. The highest BCUT2D eigenvalue weighted by molar-refractivity contribution is 5.58. The molecule has 0 aliphatic heterocycles. The quantitative estimate of drug-likeness (QED) is 0.779. The SMILES string of the molecule is C=Cc1cc(O)c(C(C)C)cc1C(C)C. The molecule has 1 heteroatoms. The molecule has 15 heavy (non-hydrogen) atoms. The molecule has 0 aliphatic rings. The summed E-state index contributed by atoms with van der Waals surface area (Å²) in [5.74, 6) is 1.18. The van der Waals surface area contributed by atoms with Crippen LogP contribution in [0.3, 0.4) is 0 Å². The number of hydrogen-bond acceptors (Lipinski definition) is 1. The molecule has 0 aromatic heterocycles. The molecule has 0 bridgehead atoms. The van der Waals surface area contributed by atoms with Crippen molar-refractivity contribution in [2.75, 3.05) is 0 Å². The predicted octanol–water partition coefficient (Wildman–Crippen LogP) is 4.28. The van der Waals surface area contributed by atoms with Gasteiger partial charge in [-0.25, -0.2) is 0 Å². The molecule has 0 unspecified atom stereocenters. The zero-order chi connectivity index (χ0) is 11.6. The first-order chi connectivity index (χ1) is 6.97. The van der Waals surface area contributed by atoms with Crippen LogP contribution >= 0.6 is 0 Å². The number of rotatable bonds is 3. The fourth-order valence-electron chi connectivity index (χ4n) is 1.78. The zero-order valence-corrected chi connectivity index (χ0v) is 10.0. The molecule has 0 aliphatic carbocycles. The Bertz CT molecular complexity index is 362. The van der Waals surface area contributed by atoms with Gasteiger partial charge in [-0.3, -0.25) is 0 Å². The van der Waals surface area contributed by atoms with E-state index in [1.165, 1.54) is 5.56 Å². The van der Waals surface area contributed by atoms with Gasteiger partial charge in [-0.1, -0.05) is 46.4 Å². The smallest absolute Gasteiger partial charge is 0.119 e. The van der Waals surface area contributed by atoms with Gasteiger partial charge in [0.25, 0.3) is 0 Å². The van der Waals surface area contributed by atoms with Crippen molar-refractivity contribution in [3.63, 3.8) is 0 Å². The van der Waals surface area contributed by atoms with Gasteiger partial charge in [-0.05, 0) is 34.6 Å². The minimum atomic E-state index is 0.348. The molecule has 82 valence electrons. The van der Waals surface area contributed by atoms with E-state index in [9.17, 15) is 5.11 Å². The molecule has 1 nitrogen and oxygen atoms in total. The van der Waals surface area contributed by atoms with E-state index >= 15 is 0 Å². The zero-order valence-electron chi connectivity index (χ0n) is 10.0. The molecule has 0 fully saturated rings. The van der Waals surface area contributed by atoms with Crippen molar-refractivity contribution < 1.29 is 5.11 Å². The molecule has 1 N–H and O–H groups in total. The Kier molecular flexibility index (Phi) is 3.57. The van der Waals surface area contributed by atoms with Crippen molar-refractivity contribution in [1.82, 2.24) is 0 Å².